The molecule has 1 fully saturated rings. The number of esters is 1. The van der Waals surface area contributed by atoms with Crippen molar-refractivity contribution in [1.82, 2.24) is 14.8 Å². The monoisotopic (exact) mass is 287 g/mol. The van der Waals surface area contributed by atoms with Gasteiger partial charge in [-0.15, -0.1) is 0 Å². The fourth-order valence-corrected chi connectivity index (χ4v) is 2.63. The first-order valence-electron chi connectivity index (χ1n) is 6.98. The van der Waals surface area contributed by atoms with Gasteiger partial charge in [0.05, 0.1) is 6.10 Å². The highest BCUT2D eigenvalue weighted by atomic mass is 16.6. The highest BCUT2D eigenvalue weighted by Gasteiger charge is 2.31. The highest BCUT2D eigenvalue weighted by molar-refractivity contribution is 5.92. The summed E-state index contributed by atoms with van der Waals surface area (Å²) in [4.78, 5) is 16.6. The van der Waals surface area contributed by atoms with E-state index in [4.69, 9.17) is 9.47 Å². The zero-order chi connectivity index (χ0) is 14.7. The first-order chi connectivity index (χ1) is 10.3. The molecule has 2 atom stereocenters. The van der Waals surface area contributed by atoms with Crippen molar-refractivity contribution in [3.63, 3.8) is 0 Å². The normalized spacial score (nSPS) is 21.4. The number of methoxy groups -OCH3 is 1. The van der Waals surface area contributed by atoms with Crippen LogP contribution in [0.15, 0.2) is 36.8 Å². The molecule has 0 N–H and O–H groups in total. The standard InChI is InChI=1S/C15H17N3O3/c1-20-12-6-2-7-13(12)21-15(19)11-5-3-8-16-14(11)18-10-4-9-17-18/h3-5,8-10,12-13H,2,6-7H2,1H3. The Labute approximate surface area is 122 Å². The molecule has 0 saturated heterocycles. The molecule has 0 radical (unpaired) electrons. The zero-order valence-electron chi connectivity index (χ0n) is 11.8. The third-order valence-corrected chi connectivity index (χ3v) is 3.68. The lowest BCUT2D eigenvalue weighted by Crippen LogP contribution is -2.28. The van der Waals surface area contributed by atoms with Crippen molar-refractivity contribution in [2.45, 2.75) is 31.5 Å². The topological polar surface area (TPSA) is 66.2 Å². The Bertz CT molecular complexity index is 612. The molecule has 1 aliphatic carbocycles. The predicted molar refractivity (Wildman–Crippen MR) is 75.2 cm³/mol. The van der Waals surface area contributed by atoms with Crippen molar-refractivity contribution < 1.29 is 14.3 Å². The molecule has 0 aromatic carbocycles. The molecule has 0 amide bonds. The van der Waals surface area contributed by atoms with Crippen LogP contribution in [-0.4, -0.2) is 40.1 Å². The SMILES string of the molecule is COC1CCCC1OC(=O)c1cccnc1-n1cccn1. The van der Waals surface area contributed by atoms with Crippen LogP contribution < -0.4 is 0 Å². The number of hydrogen-bond acceptors (Lipinski definition) is 5. The van der Waals surface area contributed by atoms with E-state index in [1.54, 1.807) is 48.6 Å². The molecule has 2 heterocycles. The van der Waals surface area contributed by atoms with Crippen LogP contribution in [0.4, 0.5) is 0 Å². The van der Waals surface area contributed by atoms with Gasteiger partial charge in [0.2, 0.25) is 0 Å². The minimum Gasteiger partial charge on any atom is -0.456 e. The van der Waals surface area contributed by atoms with Crippen LogP contribution in [-0.2, 0) is 9.47 Å². The van der Waals surface area contributed by atoms with E-state index in [0.717, 1.165) is 19.3 Å². The van der Waals surface area contributed by atoms with Crippen molar-refractivity contribution >= 4 is 5.97 Å². The molecule has 2 unspecified atom stereocenters. The summed E-state index contributed by atoms with van der Waals surface area (Å²) >= 11 is 0. The molecular weight excluding hydrogens is 270 g/mol. The molecule has 0 spiro atoms. The summed E-state index contributed by atoms with van der Waals surface area (Å²) < 4.78 is 12.5. The minimum atomic E-state index is -0.387. The van der Waals surface area contributed by atoms with E-state index >= 15 is 0 Å². The van der Waals surface area contributed by atoms with Gasteiger partial charge in [-0.1, -0.05) is 0 Å². The Balaban J connectivity index is 1.82. The van der Waals surface area contributed by atoms with Gasteiger partial charge in [-0.3, -0.25) is 0 Å². The van der Waals surface area contributed by atoms with Gasteiger partial charge in [0.1, 0.15) is 11.7 Å². The molecule has 2 aromatic heterocycles. The number of carbonyl (C=O) groups is 1. The summed E-state index contributed by atoms with van der Waals surface area (Å²) in [5.41, 5.74) is 0.406. The van der Waals surface area contributed by atoms with Crippen LogP contribution in [0, 0.1) is 0 Å². The number of pyridine rings is 1. The summed E-state index contributed by atoms with van der Waals surface area (Å²) in [7, 11) is 1.65. The van der Waals surface area contributed by atoms with E-state index in [9.17, 15) is 4.79 Å². The maximum absolute atomic E-state index is 12.4. The Morgan fingerprint density at radius 3 is 2.90 bits per heavy atom. The summed E-state index contributed by atoms with van der Waals surface area (Å²) in [6, 6.07) is 5.19. The van der Waals surface area contributed by atoms with Gasteiger partial charge in [0.25, 0.3) is 0 Å². The zero-order valence-corrected chi connectivity index (χ0v) is 11.8. The Morgan fingerprint density at radius 1 is 1.29 bits per heavy atom. The molecule has 1 aliphatic rings. The van der Waals surface area contributed by atoms with Crippen LogP contribution in [0.25, 0.3) is 5.82 Å². The largest absolute Gasteiger partial charge is 0.456 e. The fraction of sp³-hybridized carbons (Fsp3) is 0.400. The molecule has 0 aliphatic heterocycles. The van der Waals surface area contributed by atoms with Crippen molar-refractivity contribution in [2.24, 2.45) is 0 Å². The number of aromatic nitrogens is 3. The van der Waals surface area contributed by atoms with Gasteiger partial charge in [-0.05, 0) is 37.5 Å². The van der Waals surface area contributed by atoms with Gasteiger partial charge < -0.3 is 9.47 Å². The molecular formula is C15H17N3O3. The van der Waals surface area contributed by atoms with Crippen LogP contribution in [0.1, 0.15) is 29.6 Å². The summed E-state index contributed by atoms with van der Waals surface area (Å²) in [5.74, 6) is 0.0852. The van der Waals surface area contributed by atoms with E-state index in [0.29, 0.717) is 11.4 Å². The minimum absolute atomic E-state index is 0.0150. The summed E-state index contributed by atoms with van der Waals surface area (Å²) in [6.07, 6.45) is 7.58. The Morgan fingerprint density at radius 2 is 2.14 bits per heavy atom. The van der Waals surface area contributed by atoms with Gasteiger partial charge in [-0.2, -0.15) is 5.10 Å². The molecule has 2 aromatic rings. The van der Waals surface area contributed by atoms with E-state index < -0.39 is 0 Å². The van der Waals surface area contributed by atoms with Gasteiger partial charge in [0.15, 0.2) is 5.82 Å². The second kappa shape index (κ2) is 6.05. The number of rotatable bonds is 4. The van der Waals surface area contributed by atoms with Crippen molar-refractivity contribution in [2.75, 3.05) is 7.11 Å². The lowest BCUT2D eigenvalue weighted by atomic mass is 10.2. The van der Waals surface area contributed by atoms with Gasteiger partial charge >= 0.3 is 5.97 Å². The molecule has 6 heteroatoms. The molecule has 3 rings (SSSR count). The number of carbonyl (C=O) groups excluding carboxylic acids is 1. The van der Waals surface area contributed by atoms with E-state index in [2.05, 4.69) is 10.1 Å². The smallest absolute Gasteiger partial charge is 0.342 e. The Hall–Kier alpha value is -2.21. The van der Waals surface area contributed by atoms with E-state index in [1.807, 2.05) is 0 Å². The number of ether oxygens (including phenoxy) is 2. The van der Waals surface area contributed by atoms with E-state index in [1.165, 1.54) is 0 Å². The molecule has 110 valence electrons. The third-order valence-electron chi connectivity index (χ3n) is 3.68. The molecule has 21 heavy (non-hydrogen) atoms. The van der Waals surface area contributed by atoms with Crippen molar-refractivity contribution in [1.29, 1.82) is 0 Å². The summed E-state index contributed by atoms with van der Waals surface area (Å²) in [6.45, 7) is 0. The van der Waals surface area contributed by atoms with Gasteiger partial charge in [-0.25, -0.2) is 14.5 Å². The predicted octanol–water partition coefficient (Wildman–Crippen LogP) is 1.99. The van der Waals surface area contributed by atoms with E-state index in [-0.39, 0.29) is 18.2 Å². The van der Waals surface area contributed by atoms with Crippen molar-refractivity contribution in [3.05, 3.63) is 42.4 Å². The first-order valence-corrected chi connectivity index (χ1v) is 6.98. The first kappa shape index (κ1) is 13.8. The van der Waals surface area contributed by atoms with Crippen LogP contribution in [0.3, 0.4) is 0 Å². The number of nitrogens with zero attached hydrogens (tertiary/aromatic N) is 3. The van der Waals surface area contributed by atoms with Crippen LogP contribution in [0.5, 0.6) is 0 Å². The lowest BCUT2D eigenvalue weighted by molar-refractivity contribution is -0.0207. The maximum Gasteiger partial charge on any atom is 0.342 e. The average molecular weight is 287 g/mol. The Kier molecular flexibility index (Phi) is 3.96. The summed E-state index contributed by atoms with van der Waals surface area (Å²) in [5, 5.41) is 4.11. The second-order valence-corrected chi connectivity index (χ2v) is 4.97. The lowest BCUT2D eigenvalue weighted by Gasteiger charge is -2.19. The second-order valence-electron chi connectivity index (χ2n) is 4.97. The highest BCUT2D eigenvalue weighted by Crippen LogP contribution is 2.25. The van der Waals surface area contributed by atoms with Crippen molar-refractivity contribution in [3.8, 4) is 5.82 Å². The quantitative estimate of drug-likeness (QED) is 0.805. The molecule has 1 saturated carbocycles. The number of hydrogen-bond donors (Lipinski definition) is 0. The molecule has 6 nitrogen and oxygen atoms in total. The van der Waals surface area contributed by atoms with Crippen LogP contribution >= 0.6 is 0 Å². The fourth-order valence-electron chi connectivity index (χ4n) is 2.63. The average Bonchev–Trinajstić information content (AvgIpc) is 3.18. The maximum atomic E-state index is 12.4. The van der Waals surface area contributed by atoms with Crippen LogP contribution in [0.2, 0.25) is 0 Å². The molecule has 0 bridgehead atoms. The van der Waals surface area contributed by atoms with Gasteiger partial charge in [0, 0.05) is 25.7 Å². The third kappa shape index (κ3) is 2.80.